The van der Waals surface area contributed by atoms with Gasteiger partial charge in [0.05, 0.1) is 17.1 Å². The van der Waals surface area contributed by atoms with Crippen LogP contribution in [-0.4, -0.2) is 30.3 Å². The van der Waals surface area contributed by atoms with E-state index in [1.807, 2.05) is 12.1 Å². The number of benzene rings is 2. The molecule has 1 N–H and O–H groups in total. The minimum atomic E-state index is -3.31. The van der Waals surface area contributed by atoms with Crippen molar-refractivity contribution in [2.45, 2.75) is 38.0 Å². The number of aromatic nitrogens is 2. The Morgan fingerprint density at radius 2 is 1.69 bits per heavy atom. The lowest BCUT2D eigenvalue weighted by Crippen LogP contribution is -2.12. The molecule has 1 aromatic heterocycles. The van der Waals surface area contributed by atoms with Crippen LogP contribution in [0.15, 0.2) is 57.8 Å². The first kappa shape index (κ1) is 20.7. The number of hydrogen-bond donors (Lipinski definition) is 1. The molecule has 0 saturated carbocycles. The number of carbonyl (C=O) groups is 1. The van der Waals surface area contributed by atoms with Crippen LogP contribution in [0.3, 0.4) is 0 Å². The number of rotatable bonds is 7. The molecule has 0 atom stereocenters. The fourth-order valence-electron chi connectivity index (χ4n) is 2.72. The van der Waals surface area contributed by atoms with Crippen LogP contribution in [0.4, 0.5) is 6.01 Å². The Kier molecular flexibility index (Phi) is 6.12. The van der Waals surface area contributed by atoms with Gasteiger partial charge in [-0.15, -0.1) is 5.10 Å². The van der Waals surface area contributed by atoms with Crippen molar-refractivity contribution in [3.8, 4) is 0 Å². The number of sulfone groups is 1. The second-order valence-electron chi connectivity index (χ2n) is 6.96. The minimum absolute atomic E-state index is 0.00347. The Morgan fingerprint density at radius 3 is 2.28 bits per heavy atom. The SMILES string of the molecule is CCS(=O)(=O)c1ccc(C(=O)Nc2nnc(Cc3ccc(C(C)C)cc3)o2)cc1. The maximum Gasteiger partial charge on any atom is 0.322 e. The first-order valence-electron chi connectivity index (χ1n) is 9.34. The van der Waals surface area contributed by atoms with Gasteiger partial charge in [-0.1, -0.05) is 50.1 Å². The summed E-state index contributed by atoms with van der Waals surface area (Å²) in [6.07, 6.45) is 0.463. The van der Waals surface area contributed by atoms with Crippen molar-refractivity contribution < 1.29 is 17.6 Å². The van der Waals surface area contributed by atoms with Crippen LogP contribution in [0.5, 0.6) is 0 Å². The molecule has 0 spiro atoms. The zero-order chi connectivity index (χ0) is 21.0. The Hall–Kier alpha value is -3.00. The predicted molar refractivity (Wildman–Crippen MR) is 110 cm³/mol. The maximum atomic E-state index is 12.3. The van der Waals surface area contributed by atoms with E-state index in [-0.39, 0.29) is 16.7 Å². The number of anilines is 1. The van der Waals surface area contributed by atoms with Gasteiger partial charge in [-0.3, -0.25) is 10.1 Å². The van der Waals surface area contributed by atoms with Gasteiger partial charge in [-0.2, -0.15) is 0 Å². The second-order valence-corrected chi connectivity index (χ2v) is 9.23. The van der Waals surface area contributed by atoms with E-state index in [4.69, 9.17) is 4.42 Å². The number of carbonyl (C=O) groups excluding carboxylic acids is 1. The van der Waals surface area contributed by atoms with Crippen molar-refractivity contribution >= 4 is 21.8 Å². The number of nitrogens with zero attached hydrogens (tertiary/aromatic N) is 2. The predicted octanol–water partition coefficient (Wildman–Crippen LogP) is 3.83. The van der Waals surface area contributed by atoms with E-state index in [2.05, 4.69) is 41.5 Å². The highest BCUT2D eigenvalue weighted by molar-refractivity contribution is 7.91. The molecular weight excluding hydrogens is 390 g/mol. The summed E-state index contributed by atoms with van der Waals surface area (Å²) in [5.41, 5.74) is 2.58. The fourth-order valence-corrected chi connectivity index (χ4v) is 3.60. The lowest BCUT2D eigenvalue weighted by Gasteiger charge is -2.05. The number of hydrogen-bond acceptors (Lipinski definition) is 6. The molecule has 3 aromatic rings. The summed E-state index contributed by atoms with van der Waals surface area (Å²) in [4.78, 5) is 12.5. The van der Waals surface area contributed by atoms with Crippen LogP contribution in [0.1, 0.15) is 54.1 Å². The van der Waals surface area contributed by atoms with Crippen LogP contribution in [-0.2, 0) is 16.3 Å². The fraction of sp³-hybridized carbons (Fsp3) is 0.286. The highest BCUT2D eigenvalue weighted by atomic mass is 32.2. The summed E-state index contributed by atoms with van der Waals surface area (Å²) < 4.78 is 29.2. The molecule has 0 saturated heterocycles. The lowest BCUT2D eigenvalue weighted by molar-refractivity contribution is 0.102. The van der Waals surface area contributed by atoms with Gasteiger partial charge in [0.2, 0.25) is 5.89 Å². The molecule has 0 aliphatic heterocycles. The standard InChI is InChI=1S/C21H23N3O4S/c1-4-29(26,27)18-11-9-17(10-12-18)20(25)22-21-24-23-19(28-21)13-15-5-7-16(8-6-15)14(2)3/h5-12,14H,4,13H2,1-3H3,(H,22,24,25). The molecule has 1 heterocycles. The van der Waals surface area contributed by atoms with E-state index in [1.165, 1.54) is 29.8 Å². The summed E-state index contributed by atoms with van der Waals surface area (Å²) >= 11 is 0. The van der Waals surface area contributed by atoms with Gasteiger partial charge in [0.25, 0.3) is 5.91 Å². The summed E-state index contributed by atoms with van der Waals surface area (Å²) in [5, 5.41) is 10.3. The van der Waals surface area contributed by atoms with Gasteiger partial charge in [0.15, 0.2) is 9.84 Å². The third-order valence-electron chi connectivity index (χ3n) is 4.54. The van der Waals surface area contributed by atoms with Crippen molar-refractivity contribution in [3.05, 3.63) is 71.1 Å². The average Bonchev–Trinajstić information content (AvgIpc) is 3.15. The zero-order valence-electron chi connectivity index (χ0n) is 16.5. The first-order chi connectivity index (χ1) is 13.8. The van der Waals surface area contributed by atoms with Gasteiger partial charge in [0, 0.05) is 5.56 Å². The van der Waals surface area contributed by atoms with Crippen LogP contribution in [0.25, 0.3) is 0 Å². The Bertz CT molecular complexity index is 1090. The molecule has 152 valence electrons. The Labute approximate surface area is 170 Å². The van der Waals surface area contributed by atoms with Crippen molar-refractivity contribution in [2.75, 3.05) is 11.1 Å². The van der Waals surface area contributed by atoms with Crippen molar-refractivity contribution in [1.82, 2.24) is 10.2 Å². The molecule has 0 radical (unpaired) electrons. The van der Waals surface area contributed by atoms with E-state index in [9.17, 15) is 13.2 Å². The minimum Gasteiger partial charge on any atom is -0.407 e. The van der Waals surface area contributed by atoms with Crippen LogP contribution < -0.4 is 5.32 Å². The van der Waals surface area contributed by atoms with E-state index >= 15 is 0 Å². The molecule has 1 amide bonds. The molecule has 8 heteroatoms. The molecule has 0 fully saturated rings. The van der Waals surface area contributed by atoms with Crippen LogP contribution in [0.2, 0.25) is 0 Å². The molecule has 29 heavy (non-hydrogen) atoms. The normalized spacial score (nSPS) is 11.6. The maximum absolute atomic E-state index is 12.3. The smallest absolute Gasteiger partial charge is 0.322 e. The Morgan fingerprint density at radius 1 is 1.03 bits per heavy atom. The second kappa shape index (κ2) is 8.57. The topological polar surface area (TPSA) is 102 Å². The van der Waals surface area contributed by atoms with Gasteiger partial charge < -0.3 is 4.42 Å². The summed E-state index contributed by atoms with van der Waals surface area (Å²) in [6.45, 7) is 5.85. The molecule has 2 aromatic carbocycles. The molecule has 3 rings (SSSR count). The molecular formula is C21H23N3O4S. The molecule has 0 aliphatic rings. The quantitative estimate of drug-likeness (QED) is 0.631. The van der Waals surface area contributed by atoms with Gasteiger partial charge in [-0.25, -0.2) is 8.42 Å². The van der Waals surface area contributed by atoms with Crippen LogP contribution in [0, 0.1) is 0 Å². The third kappa shape index (κ3) is 5.08. The van der Waals surface area contributed by atoms with Gasteiger partial charge >= 0.3 is 6.01 Å². The van der Waals surface area contributed by atoms with Gasteiger partial charge in [-0.05, 0) is 41.3 Å². The highest BCUT2D eigenvalue weighted by Crippen LogP contribution is 2.18. The largest absolute Gasteiger partial charge is 0.407 e. The van der Waals surface area contributed by atoms with Crippen molar-refractivity contribution in [2.24, 2.45) is 0 Å². The van der Waals surface area contributed by atoms with E-state index in [0.29, 0.717) is 23.8 Å². The van der Waals surface area contributed by atoms with E-state index in [0.717, 1.165) is 5.56 Å². The molecule has 7 nitrogen and oxygen atoms in total. The van der Waals surface area contributed by atoms with Crippen molar-refractivity contribution in [1.29, 1.82) is 0 Å². The van der Waals surface area contributed by atoms with E-state index in [1.54, 1.807) is 6.92 Å². The van der Waals surface area contributed by atoms with E-state index < -0.39 is 15.7 Å². The lowest BCUT2D eigenvalue weighted by atomic mass is 10.0. The molecule has 0 unspecified atom stereocenters. The molecule has 0 aliphatic carbocycles. The van der Waals surface area contributed by atoms with Crippen LogP contribution >= 0.6 is 0 Å². The monoisotopic (exact) mass is 413 g/mol. The van der Waals surface area contributed by atoms with Gasteiger partial charge in [0.1, 0.15) is 0 Å². The Balaban J connectivity index is 1.64. The van der Waals surface area contributed by atoms with Crippen molar-refractivity contribution in [3.63, 3.8) is 0 Å². The number of amides is 1. The summed E-state index contributed by atoms with van der Waals surface area (Å²) in [7, 11) is -3.31. The summed E-state index contributed by atoms with van der Waals surface area (Å²) in [6, 6.07) is 13.9. The average molecular weight is 413 g/mol. The summed E-state index contributed by atoms with van der Waals surface area (Å²) in [5.74, 6) is 0.401. The third-order valence-corrected chi connectivity index (χ3v) is 6.30. The number of nitrogens with one attached hydrogen (secondary N) is 1. The first-order valence-corrected chi connectivity index (χ1v) is 11.0. The highest BCUT2D eigenvalue weighted by Gasteiger charge is 2.15. The zero-order valence-corrected chi connectivity index (χ0v) is 17.4. The molecule has 0 bridgehead atoms.